The van der Waals surface area contributed by atoms with E-state index >= 15 is 0 Å². The van der Waals surface area contributed by atoms with E-state index in [0.717, 1.165) is 31.6 Å². The number of fused-ring (bicyclic) bond motifs is 1. The topological polar surface area (TPSA) is 58.4 Å². The standard InChI is InChI=1S/C23H33N3O2/c1-2-3-4-5-6-7-8-19-9-10-22-21(15-19)20(16-26(22)17-23(27)28)11-13-25-14-12-24-18-25/h9-10,12,14-15,18,20H,2-8,11,13,16-17H2,1H3,(H,27,28). The zero-order valence-electron chi connectivity index (χ0n) is 17.0. The number of carboxylic acid groups (broad SMARTS) is 1. The second kappa shape index (κ2) is 10.3. The third kappa shape index (κ3) is 5.60. The average molecular weight is 384 g/mol. The van der Waals surface area contributed by atoms with Gasteiger partial charge in [-0.15, -0.1) is 0 Å². The first-order chi connectivity index (χ1) is 13.7. The molecule has 5 nitrogen and oxygen atoms in total. The van der Waals surface area contributed by atoms with Crippen LogP contribution in [0.5, 0.6) is 0 Å². The lowest BCUT2D eigenvalue weighted by atomic mass is 9.94. The first-order valence-electron chi connectivity index (χ1n) is 10.7. The summed E-state index contributed by atoms with van der Waals surface area (Å²) in [4.78, 5) is 17.4. The van der Waals surface area contributed by atoms with Gasteiger partial charge < -0.3 is 14.6 Å². The highest BCUT2D eigenvalue weighted by Gasteiger charge is 2.29. The number of carboxylic acids is 1. The molecule has 5 heteroatoms. The van der Waals surface area contributed by atoms with E-state index < -0.39 is 5.97 Å². The highest BCUT2D eigenvalue weighted by atomic mass is 16.4. The van der Waals surface area contributed by atoms with Crippen molar-refractivity contribution in [3.63, 3.8) is 0 Å². The number of aliphatic carboxylic acids is 1. The normalized spacial score (nSPS) is 15.8. The molecule has 1 unspecified atom stereocenters. The molecule has 0 bridgehead atoms. The Labute approximate surface area is 168 Å². The first-order valence-corrected chi connectivity index (χ1v) is 10.7. The summed E-state index contributed by atoms with van der Waals surface area (Å²) < 4.78 is 2.10. The van der Waals surface area contributed by atoms with E-state index in [2.05, 4.69) is 34.7 Å². The molecule has 1 aromatic heterocycles. The Bertz CT molecular complexity index is 742. The molecule has 1 aliphatic heterocycles. The Morgan fingerprint density at radius 1 is 1.21 bits per heavy atom. The van der Waals surface area contributed by atoms with Crippen molar-refractivity contribution in [1.82, 2.24) is 9.55 Å². The zero-order valence-corrected chi connectivity index (χ0v) is 17.0. The molecular weight excluding hydrogens is 350 g/mol. The molecule has 152 valence electrons. The van der Waals surface area contributed by atoms with Gasteiger partial charge >= 0.3 is 5.97 Å². The maximum atomic E-state index is 11.3. The Morgan fingerprint density at radius 3 is 2.79 bits per heavy atom. The number of aromatic nitrogens is 2. The number of carbonyl (C=O) groups is 1. The van der Waals surface area contributed by atoms with Crippen molar-refractivity contribution in [2.45, 2.75) is 70.8 Å². The van der Waals surface area contributed by atoms with Gasteiger partial charge in [-0.3, -0.25) is 4.79 Å². The maximum Gasteiger partial charge on any atom is 0.323 e. The van der Waals surface area contributed by atoms with E-state index in [-0.39, 0.29) is 6.54 Å². The monoisotopic (exact) mass is 383 g/mol. The smallest absolute Gasteiger partial charge is 0.323 e. The molecule has 0 aliphatic carbocycles. The molecule has 3 rings (SSSR count). The number of unbranched alkanes of at least 4 members (excludes halogenated alkanes) is 5. The SMILES string of the molecule is CCCCCCCCc1ccc2c(c1)C(CCn1ccnc1)CN2CC(=O)O. The molecule has 1 aromatic carbocycles. The predicted octanol–water partition coefficient (Wildman–Crippen LogP) is 4.86. The van der Waals surface area contributed by atoms with E-state index in [1.165, 1.54) is 49.7 Å². The summed E-state index contributed by atoms with van der Waals surface area (Å²) in [5, 5.41) is 9.27. The van der Waals surface area contributed by atoms with Crippen LogP contribution in [0.1, 0.15) is 68.9 Å². The van der Waals surface area contributed by atoms with Gasteiger partial charge in [0.25, 0.3) is 0 Å². The van der Waals surface area contributed by atoms with E-state index in [1.807, 2.05) is 17.4 Å². The van der Waals surface area contributed by atoms with Crippen LogP contribution in [0.25, 0.3) is 0 Å². The van der Waals surface area contributed by atoms with Crippen molar-refractivity contribution in [3.05, 3.63) is 48.0 Å². The number of hydrogen-bond acceptors (Lipinski definition) is 3. The van der Waals surface area contributed by atoms with Crippen molar-refractivity contribution < 1.29 is 9.90 Å². The van der Waals surface area contributed by atoms with Gasteiger partial charge in [-0.25, -0.2) is 4.98 Å². The van der Waals surface area contributed by atoms with E-state index in [0.29, 0.717) is 5.92 Å². The summed E-state index contributed by atoms with van der Waals surface area (Å²) in [7, 11) is 0. The quantitative estimate of drug-likeness (QED) is 0.532. The lowest BCUT2D eigenvalue weighted by molar-refractivity contribution is -0.135. The third-order valence-corrected chi connectivity index (χ3v) is 5.75. The Balaban J connectivity index is 1.63. The fourth-order valence-electron chi connectivity index (χ4n) is 4.23. The molecule has 1 aliphatic rings. The minimum atomic E-state index is -0.766. The van der Waals surface area contributed by atoms with Gasteiger partial charge in [0.05, 0.1) is 6.33 Å². The lowest BCUT2D eigenvalue weighted by Crippen LogP contribution is -2.28. The summed E-state index contributed by atoms with van der Waals surface area (Å²) in [6, 6.07) is 6.67. The Kier molecular flexibility index (Phi) is 7.52. The van der Waals surface area contributed by atoms with Gasteiger partial charge in [-0.1, -0.05) is 51.2 Å². The molecule has 0 spiro atoms. The van der Waals surface area contributed by atoms with Crippen LogP contribution < -0.4 is 4.90 Å². The molecule has 1 N–H and O–H groups in total. The van der Waals surface area contributed by atoms with Crippen LogP contribution in [0.3, 0.4) is 0 Å². The minimum absolute atomic E-state index is 0.0748. The Hall–Kier alpha value is -2.30. The summed E-state index contributed by atoms with van der Waals surface area (Å²) in [6.45, 7) is 4.02. The van der Waals surface area contributed by atoms with E-state index in [9.17, 15) is 9.90 Å². The van der Waals surface area contributed by atoms with Gasteiger partial charge in [0.15, 0.2) is 0 Å². The van der Waals surface area contributed by atoms with Crippen molar-refractivity contribution in [1.29, 1.82) is 0 Å². The molecule has 0 saturated heterocycles. The van der Waals surface area contributed by atoms with Crippen LogP contribution in [-0.2, 0) is 17.8 Å². The van der Waals surface area contributed by atoms with Crippen molar-refractivity contribution >= 4 is 11.7 Å². The highest BCUT2D eigenvalue weighted by Crippen LogP contribution is 2.39. The molecule has 1 atom stereocenters. The second-order valence-electron chi connectivity index (χ2n) is 7.97. The largest absolute Gasteiger partial charge is 0.480 e. The third-order valence-electron chi connectivity index (χ3n) is 5.75. The summed E-state index contributed by atoms with van der Waals surface area (Å²) in [5.41, 5.74) is 3.81. The second-order valence-corrected chi connectivity index (χ2v) is 7.97. The van der Waals surface area contributed by atoms with Crippen LogP contribution in [0.2, 0.25) is 0 Å². The van der Waals surface area contributed by atoms with Gasteiger partial charge in [0.2, 0.25) is 0 Å². The molecule has 2 heterocycles. The number of benzene rings is 1. The van der Waals surface area contributed by atoms with Gasteiger partial charge in [0, 0.05) is 37.1 Å². The lowest BCUT2D eigenvalue weighted by Gasteiger charge is -2.17. The van der Waals surface area contributed by atoms with Crippen LogP contribution in [0.4, 0.5) is 5.69 Å². The van der Waals surface area contributed by atoms with E-state index in [1.54, 1.807) is 6.20 Å². The molecular formula is C23H33N3O2. The molecule has 2 aromatic rings. The number of nitrogens with zero attached hydrogens (tertiary/aromatic N) is 3. The number of anilines is 1. The van der Waals surface area contributed by atoms with Crippen LogP contribution >= 0.6 is 0 Å². The van der Waals surface area contributed by atoms with Crippen LogP contribution in [0.15, 0.2) is 36.9 Å². The Morgan fingerprint density at radius 2 is 2.04 bits per heavy atom. The van der Waals surface area contributed by atoms with Gasteiger partial charge in [-0.2, -0.15) is 0 Å². The maximum absolute atomic E-state index is 11.3. The summed E-state index contributed by atoms with van der Waals surface area (Å²) >= 11 is 0. The van der Waals surface area contributed by atoms with Gasteiger partial charge in [-0.05, 0) is 36.5 Å². The number of rotatable bonds is 12. The average Bonchev–Trinajstić information content (AvgIpc) is 3.31. The van der Waals surface area contributed by atoms with Crippen molar-refractivity contribution in [2.75, 3.05) is 18.0 Å². The molecule has 0 amide bonds. The molecule has 0 saturated carbocycles. The van der Waals surface area contributed by atoms with Crippen LogP contribution in [0, 0.1) is 0 Å². The number of aryl methyl sites for hydroxylation is 2. The summed E-state index contributed by atoms with van der Waals surface area (Å²) in [6.07, 6.45) is 15.6. The fourth-order valence-corrected chi connectivity index (χ4v) is 4.23. The van der Waals surface area contributed by atoms with Crippen molar-refractivity contribution in [3.8, 4) is 0 Å². The summed E-state index contributed by atoms with van der Waals surface area (Å²) in [5.74, 6) is -0.390. The molecule has 28 heavy (non-hydrogen) atoms. The number of hydrogen-bond donors (Lipinski definition) is 1. The first kappa shape index (κ1) is 20.4. The highest BCUT2D eigenvalue weighted by molar-refractivity contribution is 5.76. The van der Waals surface area contributed by atoms with Gasteiger partial charge in [0.1, 0.15) is 6.54 Å². The predicted molar refractivity (Wildman–Crippen MR) is 113 cm³/mol. The van der Waals surface area contributed by atoms with E-state index in [4.69, 9.17) is 0 Å². The fraction of sp³-hybridized carbons (Fsp3) is 0.565. The zero-order chi connectivity index (χ0) is 19.8. The van der Waals surface area contributed by atoms with Crippen LogP contribution in [-0.4, -0.2) is 33.7 Å². The molecule has 0 radical (unpaired) electrons. The molecule has 0 fully saturated rings. The number of imidazole rings is 1. The van der Waals surface area contributed by atoms with Crippen molar-refractivity contribution in [2.24, 2.45) is 0 Å². The minimum Gasteiger partial charge on any atom is -0.480 e.